The fourth-order valence-electron chi connectivity index (χ4n) is 2.93. The number of sulfonamides is 1. The van der Waals surface area contributed by atoms with Gasteiger partial charge in [-0.3, -0.25) is 4.79 Å². The number of amides is 1. The number of carbonyl (C=O) groups is 1. The van der Waals surface area contributed by atoms with E-state index in [2.05, 4.69) is 21.9 Å². The van der Waals surface area contributed by atoms with Gasteiger partial charge in [-0.25, -0.2) is 13.1 Å². The maximum atomic E-state index is 12.1. The van der Waals surface area contributed by atoms with E-state index in [0.29, 0.717) is 5.02 Å². The van der Waals surface area contributed by atoms with E-state index in [1.807, 2.05) is 0 Å². The van der Waals surface area contributed by atoms with Crippen molar-refractivity contribution in [1.29, 1.82) is 0 Å². The molecular weight excluding hydrogens is 362 g/mol. The smallest absolute Gasteiger partial charge is 0.240 e. The molecule has 0 bridgehead atoms. The van der Waals surface area contributed by atoms with Crippen LogP contribution in [0.4, 0.5) is 0 Å². The zero-order chi connectivity index (χ0) is 18.3. The van der Waals surface area contributed by atoms with Crippen LogP contribution in [0, 0.1) is 0 Å². The van der Waals surface area contributed by atoms with Crippen molar-refractivity contribution in [3.8, 4) is 0 Å². The second-order valence-electron chi connectivity index (χ2n) is 6.29. The number of halogens is 1. The van der Waals surface area contributed by atoms with Gasteiger partial charge < -0.3 is 10.2 Å². The quantitative estimate of drug-likeness (QED) is 0.715. The molecule has 0 aromatic heterocycles. The Balaban J connectivity index is 1.72. The average molecular weight is 388 g/mol. The third-order valence-electron chi connectivity index (χ3n) is 4.24. The van der Waals surface area contributed by atoms with Gasteiger partial charge in [0, 0.05) is 37.1 Å². The summed E-state index contributed by atoms with van der Waals surface area (Å²) in [5, 5.41) is 3.35. The van der Waals surface area contributed by atoms with Crippen molar-refractivity contribution in [2.75, 3.05) is 26.2 Å². The molecule has 0 aliphatic carbocycles. The van der Waals surface area contributed by atoms with Crippen molar-refractivity contribution < 1.29 is 13.2 Å². The van der Waals surface area contributed by atoms with Gasteiger partial charge in [-0.15, -0.1) is 0 Å². The Morgan fingerprint density at radius 3 is 2.68 bits per heavy atom. The molecule has 0 saturated carbocycles. The topological polar surface area (TPSA) is 78.5 Å². The summed E-state index contributed by atoms with van der Waals surface area (Å²) < 4.78 is 26.7. The van der Waals surface area contributed by atoms with Gasteiger partial charge in [-0.1, -0.05) is 24.6 Å². The summed E-state index contributed by atoms with van der Waals surface area (Å²) in [7, 11) is -3.65. The van der Waals surface area contributed by atoms with Crippen LogP contribution in [0.1, 0.15) is 32.6 Å². The van der Waals surface area contributed by atoms with Gasteiger partial charge in [0.15, 0.2) is 0 Å². The molecule has 1 saturated heterocycles. The van der Waals surface area contributed by atoms with Gasteiger partial charge in [-0.05, 0) is 44.0 Å². The van der Waals surface area contributed by atoms with Crippen LogP contribution in [0.3, 0.4) is 0 Å². The number of hydrogen-bond donors (Lipinski definition) is 2. The summed E-state index contributed by atoms with van der Waals surface area (Å²) >= 11 is 5.81. The van der Waals surface area contributed by atoms with E-state index in [-0.39, 0.29) is 29.8 Å². The Hall–Kier alpha value is -1.15. The molecule has 1 fully saturated rings. The Morgan fingerprint density at radius 1 is 1.32 bits per heavy atom. The minimum Gasteiger partial charge on any atom is -0.353 e. The number of hydrogen-bond acceptors (Lipinski definition) is 4. The van der Waals surface area contributed by atoms with Gasteiger partial charge in [0.2, 0.25) is 15.9 Å². The highest BCUT2D eigenvalue weighted by molar-refractivity contribution is 7.89. The molecule has 2 N–H and O–H groups in total. The normalized spacial score (nSPS) is 16.7. The molecule has 1 heterocycles. The fraction of sp³-hybridized carbons (Fsp3) is 0.588. The number of likely N-dealkylation sites (tertiary alicyclic amines) is 1. The second kappa shape index (κ2) is 9.52. The molecule has 0 radical (unpaired) electrons. The van der Waals surface area contributed by atoms with E-state index in [4.69, 9.17) is 11.6 Å². The highest BCUT2D eigenvalue weighted by Crippen LogP contribution is 2.15. The number of carbonyl (C=O) groups excluding carboxylic acids is 1. The van der Waals surface area contributed by atoms with Gasteiger partial charge >= 0.3 is 0 Å². The predicted molar refractivity (Wildman–Crippen MR) is 99.2 cm³/mol. The Morgan fingerprint density at radius 2 is 2.04 bits per heavy atom. The first kappa shape index (κ1) is 20.2. The lowest BCUT2D eigenvalue weighted by molar-refractivity contribution is -0.121. The van der Waals surface area contributed by atoms with E-state index in [1.54, 1.807) is 12.1 Å². The first-order chi connectivity index (χ1) is 11.9. The van der Waals surface area contributed by atoms with Crippen LogP contribution >= 0.6 is 11.6 Å². The zero-order valence-electron chi connectivity index (χ0n) is 14.5. The summed E-state index contributed by atoms with van der Waals surface area (Å²) in [6, 6.07) is 6.23. The van der Waals surface area contributed by atoms with E-state index in [1.165, 1.54) is 12.1 Å². The third-order valence-corrected chi connectivity index (χ3v) is 5.94. The first-order valence-corrected chi connectivity index (χ1v) is 10.5. The molecule has 1 aliphatic heterocycles. The van der Waals surface area contributed by atoms with Crippen LogP contribution in [0.2, 0.25) is 5.02 Å². The lowest BCUT2D eigenvalue weighted by Gasteiger charge is -2.32. The number of rotatable bonds is 8. The molecule has 8 heteroatoms. The van der Waals surface area contributed by atoms with Gasteiger partial charge in [-0.2, -0.15) is 0 Å². The van der Waals surface area contributed by atoms with Crippen LogP contribution in [0.25, 0.3) is 0 Å². The van der Waals surface area contributed by atoms with Gasteiger partial charge in [0.05, 0.1) is 4.90 Å². The standard InChI is InChI=1S/C17H26ClN3O3S/c1-2-10-21-11-7-15(8-12-21)20-17(22)6-9-19-25(23,24)16-5-3-4-14(18)13-16/h3-5,13,15,19H,2,6-12H2,1H3,(H,20,22). The summed E-state index contributed by atoms with van der Waals surface area (Å²) in [6.45, 7) is 5.33. The number of nitrogens with zero attached hydrogens (tertiary/aromatic N) is 1. The molecule has 0 spiro atoms. The molecule has 140 valence electrons. The first-order valence-electron chi connectivity index (χ1n) is 8.67. The minimum atomic E-state index is -3.65. The van der Waals surface area contributed by atoms with Crippen molar-refractivity contribution in [3.05, 3.63) is 29.3 Å². The summed E-state index contributed by atoms with van der Waals surface area (Å²) in [5.74, 6) is -0.122. The number of nitrogens with one attached hydrogen (secondary N) is 2. The third kappa shape index (κ3) is 6.58. The van der Waals surface area contributed by atoms with Crippen molar-refractivity contribution >= 4 is 27.5 Å². The molecule has 1 aromatic carbocycles. The van der Waals surface area contributed by atoms with Gasteiger partial charge in [0.25, 0.3) is 0 Å². The van der Waals surface area contributed by atoms with Crippen molar-refractivity contribution in [2.24, 2.45) is 0 Å². The lowest BCUT2D eigenvalue weighted by atomic mass is 10.0. The number of benzene rings is 1. The zero-order valence-corrected chi connectivity index (χ0v) is 16.1. The predicted octanol–water partition coefficient (Wildman–Crippen LogP) is 2.00. The average Bonchev–Trinajstić information content (AvgIpc) is 2.57. The summed E-state index contributed by atoms with van der Waals surface area (Å²) in [4.78, 5) is 14.5. The lowest BCUT2D eigenvalue weighted by Crippen LogP contribution is -2.45. The molecule has 0 unspecified atom stereocenters. The molecule has 25 heavy (non-hydrogen) atoms. The molecule has 1 aliphatic rings. The summed E-state index contributed by atoms with van der Waals surface area (Å²) in [6.07, 6.45) is 3.15. The maximum absolute atomic E-state index is 12.1. The SMILES string of the molecule is CCCN1CCC(NC(=O)CCNS(=O)(=O)c2cccc(Cl)c2)CC1. The van der Waals surface area contributed by atoms with Crippen LogP contribution in [0.5, 0.6) is 0 Å². The molecule has 1 aromatic rings. The molecular formula is C17H26ClN3O3S. The molecule has 6 nitrogen and oxygen atoms in total. The van der Waals surface area contributed by atoms with E-state index >= 15 is 0 Å². The Bertz CT molecular complexity index is 673. The summed E-state index contributed by atoms with van der Waals surface area (Å²) in [5.41, 5.74) is 0. The van der Waals surface area contributed by atoms with Crippen LogP contribution in [-0.2, 0) is 14.8 Å². The van der Waals surface area contributed by atoms with Crippen LogP contribution in [0.15, 0.2) is 29.2 Å². The van der Waals surface area contributed by atoms with E-state index < -0.39 is 10.0 Å². The van der Waals surface area contributed by atoms with Crippen molar-refractivity contribution in [3.63, 3.8) is 0 Å². The second-order valence-corrected chi connectivity index (χ2v) is 8.49. The number of piperidine rings is 1. The monoisotopic (exact) mass is 387 g/mol. The van der Waals surface area contributed by atoms with Crippen molar-refractivity contribution in [1.82, 2.24) is 14.9 Å². The van der Waals surface area contributed by atoms with E-state index in [9.17, 15) is 13.2 Å². The molecule has 2 rings (SSSR count). The van der Waals surface area contributed by atoms with E-state index in [0.717, 1.165) is 38.9 Å². The van der Waals surface area contributed by atoms with Crippen LogP contribution in [-0.4, -0.2) is 51.4 Å². The largest absolute Gasteiger partial charge is 0.353 e. The van der Waals surface area contributed by atoms with Gasteiger partial charge in [0.1, 0.15) is 0 Å². The maximum Gasteiger partial charge on any atom is 0.240 e. The molecule has 1 amide bonds. The van der Waals surface area contributed by atoms with Crippen LogP contribution < -0.4 is 10.0 Å². The minimum absolute atomic E-state index is 0.0648. The Labute approximate surface area is 155 Å². The molecule has 0 atom stereocenters. The fourth-order valence-corrected chi connectivity index (χ4v) is 4.27. The van der Waals surface area contributed by atoms with Crippen molar-refractivity contribution in [2.45, 2.75) is 43.5 Å². The highest BCUT2D eigenvalue weighted by atomic mass is 35.5. The Kier molecular flexibility index (Phi) is 7.68. The highest BCUT2D eigenvalue weighted by Gasteiger charge is 2.20.